The van der Waals surface area contributed by atoms with Gasteiger partial charge in [0.1, 0.15) is 0 Å². The second-order valence-corrected chi connectivity index (χ2v) is 4.43. The van der Waals surface area contributed by atoms with Gasteiger partial charge in [0.05, 0.1) is 5.69 Å². The maximum Gasteiger partial charge on any atom is 0.225 e. The van der Waals surface area contributed by atoms with Crippen molar-refractivity contribution in [3.63, 3.8) is 0 Å². The molecule has 0 bridgehead atoms. The Morgan fingerprint density at radius 1 is 1.39 bits per heavy atom. The van der Waals surface area contributed by atoms with Gasteiger partial charge in [0.2, 0.25) is 5.91 Å². The Hall–Kier alpha value is -1.82. The molecule has 1 aromatic carbocycles. The SMILES string of the molecule is CCC(=O)Nc1nc(-c2ccc(F)c(F)c2)cs1. The van der Waals surface area contributed by atoms with Crippen molar-refractivity contribution in [2.24, 2.45) is 0 Å². The fraction of sp³-hybridized carbons (Fsp3) is 0.167. The molecule has 3 nitrogen and oxygen atoms in total. The van der Waals surface area contributed by atoms with E-state index in [1.807, 2.05) is 0 Å². The number of aromatic nitrogens is 1. The van der Waals surface area contributed by atoms with Crippen molar-refractivity contribution in [1.82, 2.24) is 4.98 Å². The van der Waals surface area contributed by atoms with Crippen LogP contribution in [0.15, 0.2) is 23.6 Å². The molecule has 0 saturated carbocycles. The molecule has 0 aliphatic rings. The van der Waals surface area contributed by atoms with Crippen LogP contribution in [0.25, 0.3) is 11.3 Å². The van der Waals surface area contributed by atoms with Crippen LogP contribution in [0.5, 0.6) is 0 Å². The molecule has 0 spiro atoms. The van der Waals surface area contributed by atoms with Crippen LogP contribution >= 0.6 is 11.3 Å². The zero-order valence-electron chi connectivity index (χ0n) is 9.54. The largest absolute Gasteiger partial charge is 0.302 e. The molecular formula is C12H10F2N2OS. The second kappa shape index (κ2) is 5.22. The average Bonchev–Trinajstić information content (AvgIpc) is 2.81. The number of thiazole rings is 1. The molecule has 1 heterocycles. The smallest absolute Gasteiger partial charge is 0.225 e. The molecule has 0 radical (unpaired) electrons. The van der Waals surface area contributed by atoms with E-state index in [9.17, 15) is 13.6 Å². The van der Waals surface area contributed by atoms with Gasteiger partial charge in [-0.25, -0.2) is 13.8 Å². The van der Waals surface area contributed by atoms with E-state index in [0.717, 1.165) is 12.1 Å². The molecule has 6 heteroatoms. The molecule has 1 N–H and O–H groups in total. The zero-order valence-corrected chi connectivity index (χ0v) is 10.4. The number of hydrogen-bond acceptors (Lipinski definition) is 3. The summed E-state index contributed by atoms with van der Waals surface area (Å²) in [5, 5.41) is 4.73. The third kappa shape index (κ3) is 2.70. The highest BCUT2D eigenvalue weighted by atomic mass is 32.1. The molecule has 0 atom stereocenters. The summed E-state index contributed by atoms with van der Waals surface area (Å²) < 4.78 is 25.9. The number of hydrogen-bond donors (Lipinski definition) is 1. The van der Waals surface area contributed by atoms with E-state index >= 15 is 0 Å². The monoisotopic (exact) mass is 268 g/mol. The summed E-state index contributed by atoms with van der Waals surface area (Å²) in [6.45, 7) is 1.74. The van der Waals surface area contributed by atoms with Gasteiger partial charge in [-0.2, -0.15) is 0 Å². The van der Waals surface area contributed by atoms with Crippen LogP contribution in [0.1, 0.15) is 13.3 Å². The topological polar surface area (TPSA) is 42.0 Å². The van der Waals surface area contributed by atoms with Gasteiger partial charge >= 0.3 is 0 Å². The highest BCUT2D eigenvalue weighted by Crippen LogP contribution is 2.26. The summed E-state index contributed by atoms with van der Waals surface area (Å²) in [4.78, 5) is 15.3. The average molecular weight is 268 g/mol. The van der Waals surface area contributed by atoms with Crippen molar-refractivity contribution < 1.29 is 13.6 Å². The van der Waals surface area contributed by atoms with Crippen LogP contribution in [-0.2, 0) is 4.79 Å². The lowest BCUT2D eigenvalue weighted by Crippen LogP contribution is -2.08. The normalized spacial score (nSPS) is 10.4. The first-order chi connectivity index (χ1) is 8.60. The van der Waals surface area contributed by atoms with Gasteiger partial charge in [0, 0.05) is 17.4 Å². The van der Waals surface area contributed by atoms with Crippen molar-refractivity contribution >= 4 is 22.4 Å². The summed E-state index contributed by atoms with van der Waals surface area (Å²) in [5.41, 5.74) is 0.979. The lowest BCUT2D eigenvalue weighted by Gasteiger charge is -1.98. The number of nitrogens with one attached hydrogen (secondary N) is 1. The fourth-order valence-electron chi connectivity index (χ4n) is 1.33. The standard InChI is InChI=1S/C12H10F2N2OS/c1-2-11(17)16-12-15-10(6-18-12)7-3-4-8(13)9(14)5-7/h3-6H,2H2,1H3,(H,15,16,17). The van der Waals surface area contributed by atoms with E-state index in [2.05, 4.69) is 10.3 Å². The minimum atomic E-state index is -0.917. The molecule has 2 rings (SSSR count). The Balaban J connectivity index is 2.23. The molecule has 1 aromatic heterocycles. The number of amides is 1. The van der Waals surface area contributed by atoms with E-state index < -0.39 is 11.6 Å². The van der Waals surface area contributed by atoms with Gasteiger partial charge in [-0.1, -0.05) is 6.92 Å². The minimum absolute atomic E-state index is 0.138. The fourth-order valence-corrected chi connectivity index (χ4v) is 2.06. The molecule has 0 aliphatic heterocycles. The Labute approximate surface area is 106 Å². The zero-order chi connectivity index (χ0) is 13.1. The first-order valence-corrected chi connectivity index (χ1v) is 6.19. The molecule has 1 amide bonds. The van der Waals surface area contributed by atoms with Crippen molar-refractivity contribution in [2.75, 3.05) is 5.32 Å². The first-order valence-electron chi connectivity index (χ1n) is 5.31. The Morgan fingerprint density at radius 2 is 2.17 bits per heavy atom. The van der Waals surface area contributed by atoms with Crippen molar-refractivity contribution in [2.45, 2.75) is 13.3 Å². The second-order valence-electron chi connectivity index (χ2n) is 3.57. The third-order valence-electron chi connectivity index (χ3n) is 2.29. The number of benzene rings is 1. The lowest BCUT2D eigenvalue weighted by atomic mass is 10.2. The van der Waals surface area contributed by atoms with E-state index in [1.165, 1.54) is 17.4 Å². The number of halogens is 2. The van der Waals surface area contributed by atoms with Crippen molar-refractivity contribution in [3.8, 4) is 11.3 Å². The molecule has 0 saturated heterocycles. The van der Waals surface area contributed by atoms with E-state index in [-0.39, 0.29) is 5.91 Å². The predicted molar refractivity (Wildman–Crippen MR) is 66.4 cm³/mol. The molecule has 0 fully saturated rings. The summed E-state index contributed by atoms with van der Waals surface area (Å²) in [7, 11) is 0. The quantitative estimate of drug-likeness (QED) is 0.926. The summed E-state index contributed by atoms with van der Waals surface area (Å²) in [6.07, 6.45) is 0.361. The molecule has 0 aliphatic carbocycles. The maximum atomic E-state index is 13.1. The van der Waals surface area contributed by atoms with E-state index in [4.69, 9.17) is 0 Å². The van der Waals surface area contributed by atoms with Crippen molar-refractivity contribution in [3.05, 3.63) is 35.2 Å². The molecule has 2 aromatic rings. The van der Waals surface area contributed by atoms with Crippen LogP contribution in [0, 0.1) is 11.6 Å². The predicted octanol–water partition coefficient (Wildman–Crippen LogP) is 3.44. The number of anilines is 1. The molecule has 0 unspecified atom stereocenters. The molecular weight excluding hydrogens is 258 g/mol. The minimum Gasteiger partial charge on any atom is -0.302 e. The lowest BCUT2D eigenvalue weighted by molar-refractivity contribution is -0.115. The first kappa shape index (κ1) is 12.6. The summed E-state index contributed by atoms with van der Waals surface area (Å²) in [5.74, 6) is -1.95. The Bertz CT molecular complexity index is 583. The summed E-state index contributed by atoms with van der Waals surface area (Å²) >= 11 is 1.24. The van der Waals surface area contributed by atoms with Crippen LogP contribution in [0.3, 0.4) is 0 Å². The highest BCUT2D eigenvalue weighted by Gasteiger charge is 2.09. The van der Waals surface area contributed by atoms with Gasteiger partial charge in [-0.15, -0.1) is 11.3 Å². The highest BCUT2D eigenvalue weighted by molar-refractivity contribution is 7.14. The van der Waals surface area contributed by atoms with E-state index in [0.29, 0.717) is 22.8 Å². The summed E-state index contributed by atoms with van der Waals surface area (Å²) in [6, 6.07) is 3.57. The van der Waals surface area contributed by atoms with Crippen LogP contribution in [0.4, 0.5) is 13.9 Å². The number of nitrogens with zero attached hydrogens (tertiary/aromatic N) is 1. The maximum absolute atomic E-state index is 13.1. The van der Waals surface area contributed by atoms with Gasteiger partial charge in [0.25, 0.3) is 0 Å². The molecule has 94 valence electrons. The van der Waals surface area contributed by atoms with Crippen molar-refractivity contribution in [1.29, 1.82) is 0 Å². The number of rotatable bonds is 3. The number of carbonyl (C=O) groups is 1. The Kier molecular flexibility index (Phi) is 3.66. The van der Waals surface area contributed by atoms with Crippen LogP contribution in [0.2, 0.25) is 0 Å². The Morgan fingerprint density at radius 3 is 2.83 bits per heavy atom. The van der Waals surface area contributed by atoms with Gasteiger partial charge in [-0.3, -0.25) is 4.79 Å². The molecule has 18 heavy (non-hydrogen) atoms. The van der Waals surface area contributed by atoms with Crippen LogP contribution < -0.4 is 5.32 Å². The van der Waals surface area contributed by atoms with Crippen LogP contribution in [-0.4, -0.2) is 10.9 Å². The van der Waals surface area contributed by atoms with Gasteiger partial charge in [0.15, 0.2) is 16.8 Å². The van der Waals surface area contributed by atoms with E-state index in [1.54, 1.807) is 12.3 Å². The van der Waals surface area contributed by atoms with Gasteiger partial charge < -0.3 is 5.32 Å². The van der Waals surface area contributed by atoms with Gasteiger partial charge in [-0.05, 0) is 18.2 Å². The third-order valence-corrected chi connectivity index (χ3v) is 3.04. The number of carbonyl (C=O) groups excluding carboxylic acids is 1.